The summed E-state index contributed by atoms with van der Waals surface area (Å²) in [6, 6.07) is -0.467. The van der Waals surface area contributed by atoms with E-state index in [1.807, 2.05) is 6.26 Å². The minimum absolute atomic E-state index is 0.0589. The number of nitrogens with one attached hydrogen (secondary N) is 3. The molecule has 0 aliphatic carbocycles. The van der Waals surface area contributed by atoms with Gasteiger partial charge in [-0.3, -0.25) is 18.8 Å². The van der Waals surface area contributed by atoms with E-state index < -0.39 is 34.0 Å². The van der Waals surface area contributed by atoms with E-state index in [0.717, 1.165) is 0 Å². The predicted octanol–water partition coefficient (Wildman–Crippen LogP) is -0.441. The first kappa shape index (κ1) is 22.4. The number of amides is 1. The molecule has 1 unspecified atom stereocenters. The monoisotopic (exact) mass is 405 g/mol. The van der Waals surface area contributed by atoms with Crippen LogP contribution in [-0.2, 0) is 25.1 Å². The molecule has 1 aromatic heterocycles. The summed E-state index contributed by atoms with van der Waals surface area (Å²) in [5, 5.41) is 3.15. The summed E-state index contributed by atoms with van der Waals surface area (Å²) < 4.78 is 22.0. The fourth-order valence-corrected chi connectivity index (χ4v) is 4.09. The highest BCUT2D eigenvalue weighted by Crippen LogP contribution is 2.01. The normalized spacial score (nSPS) is 13.7. The SMILES string of the molecule is COCOC[C@@H](CS(=O)CSC)NC(=O)/C=C/c1c(C)[nH]c(=O)[nH]c1=O. The molecule has 0 saturated carbocycles. The highest BCUT2D eigenvalue weighted by Gasteiger charge is 2.15. The molecule has 0 aromatic carbocycles. The molecule has 1 amide bonds. The number of aromatic nitrogens is 2. The maximum absolute atomic E-state index is 12.1. The average Bonchev–Trinajstić information content (AvgIpc) is 2.54. The zero-order valence-electron chi connectivity index (χ0n) is 14.8. The lowest BCUT2D eigenvalue weighted by Crippen LogP contribution is -2.41. The van der Waals surface area contributed by atoms with Crippen LogP contribution in [0.25, 0.3) is 6.08 Å². The molecule has 2 atom stereocenters. The number of aryl methyl sites for hydroxylation is 1. The molecule has 9 nitrogen and oxygen atoms in total. The van der Waals surface area contributed by atoms with Crippen LogP contribution in [0.1, 0.15) is 11.3 Å². The molecule has 0 bridgehead atoms. The van der Waals surface area contributed by atoms with Crippen molar-refractivity contribution in [2.75, 3.05) is 37.6 Å². The van der Waals surface area contributed by atoms with Crippen LogP contribution in [0.15, 0.2) is 15.7 Å². The van der Waals surface area contributed by atoms with E-state index >= 15 is 0 Å². The van der Waals surface area contributed by atoms with E-state index in [4.69, 9.17) is 9.47 Å². The second kappa shape index (κ2) is 11.8. The van der Waals surface area contributed by atoms with E-state index in [1.165, 1.54) is 31.0 Å². The summed E-state index contributed by atoms with van der Waals surface area (Å²) in [5.41, 5.74) is -0.668. The molecule has 3 N–H and O–H groups in total. The second-order valence-electron chi connectivity index (χ2n) is 5.28. The van der Waals surface area contributed by atoms with Gasteiger partial charge in [-0.05, 0) is 19.3 Å². The maximum Gasteiger partial charge on any atom is 0.325 e. The van der Waals surface area contributed by atoms with Crippen LogP contribution in [0.3, 0.4) is 0 Å². The van der Waals surface area contributed by atoms with Crippen LogP contribution >= 0.6 is 11.8 Å². The zero-order valence-corrected chi connectivity index (χ0v) is 16.5. The van der Waals surface area contributed by atoms with Gasteiger partial charge in [0.2, 0.25) is 5.91 Å². The van der Waals surface area contributed by atoms with Crippen molar-refractivity contribution in [3.05, 3.63) is 38.2 Å². The third-order valence-corrected chi connectivity index (χ3v) is 5.85. The van der Waals surface area contributed by atoms with Gasteiger partial charge in [-0.2, -0.15) is 11.8 Å². The third kappa shape index (κ3) is 8.13. The summed E-state index contributed by atoms with van der Waals surface area (Å²) in [6.07, 6.45) is 4.34. The van der Waals surface area contributed by atoms with Crippen molar-refractivity contribution in [1.82, 2.24) is 15.3 Å². The summed E-state index contributed by atoms with van der Waals surface area (Å²) in [6.45, 7) is 1.76. The van der Waals surface area contributed by atoms with Gasteiger partial charge in [-0.1, -0.05) is 0 Å². The number of hydrogen-bond donors (Lipinski definition) is 3. The van der Waals surface area contributed by atoms with E-state index in [2.05, 4.69) is 15.3 Å². The second-order valence-corrected chi connectivity index (χ2v) is 8.01. The molecular weight excluding hydrogens is 382 g/mol. The van der Waals surface area contributed by atoms with Crippen molar-refractivity contribution in [2.24, 2.45) is 0 Å². The molecule has 0 fully saturated rings. The van der Waals surface area contributed by atoms with Crippen LogP contribution in [0.4, 0.5) is 0 Å². The number of H-pyrrole nitrogens is 2. The quantitative estimate of drug-likeness (QED) is 0.258. The minimum atomic E-state index is -1.11. The molecule has 1 heterocycles. The Labute approximate surface area is 157 Å². The van der Waals surface area contributed by atoms with Gasteiger partial charge >= 0.3 is 5.69 Å². The summed E-state index contributed by atoms with van der Waals surface area (Å²) >= 11 is 1.45. The lowest BCUT2D eigenvalue weighted by atomic mass is 10.2. The number of aromatic amines is 2. The fourth-order valence-electron chi connectivity index (χ4n) is 2.03. The average molecular weight is 405 g/mol. The molecule has 11 heteroatoms. The van der Waals surface area contributed by atoms with Crippen LogP contribution < -0.4 is 16.6 Å². The number of carbonyl (C=O) groups is 1. The first-order valence-corrected chi connectivity index (χ1v) is 10.5. The molecule has 0 radical (unpaired) electrons. The highest BCUT2D eigenvalue weighted by molar-refractivity contribution is 8.09. The predicted molar refractivity (Wildman–Crippen MR) is 103 cm³/mol. The molecule has 0 spiro atoms. The van der Waals surface area contributed by atoms with Gasteiger partial charge < -0.3 is 19.8 Å². The van der Waals surface area contributed by atoms with Gasteiger partial charge in [0.25, 0.3) is 5.56 Å². The topological polar surface area (TPSA) is 130 Å². The van der Waals surface area contributed by atoms with Crippen LogP contribution in [0, 0.1) is 6.92 Å². The highest BCUT2D eigenvalue weighted by atomic mass is 32.2. The molecular formula is C15H23N3O6S2. The van der Waals surface area contributed by atoms with Crippen molar-refractivity contribution in [3.8, 4) is 0 Å². The molecule has 0 aliphatic heterocycles. The van der Waals surface area contributed by atoms with Gasteiger partial charge in [0, 0.05) is 35.4 Å². The van der Waals surface area contributed by atoms with Gasteiger partial charge in [-0.15, -0.1) is 0 Å². The number of rotatable bonds is 11. The Bertz CT molecular complexity index is 758. The molecule has 0 aliphatic rings. The van der Waals surface area contributed by atoms with Crippen LogP contribution in [-0.4, -0.2) is 63.7 Å². The lowest BCUT2D eigenvalue weighted by Gasteiger charge is -2.17. The van der Waals surface area contributed by atoms with Crippen LogP contribution in [0.5, 0.6) is 0 Å². The fraction of sp³-hybridized carbons (Fsp3) is 0.533. The van der Waals surface area contributed by atoms with Crippen molar-refractivity contribution < 1.29 is 18.5 Å². The molecule has 0 saturated heterocycles. The van der Waals surface area contributed by atoms with E-state index in [9.17, 15) is 18.6 Å². The number of carbonyl (C=O) groups excluding carboxylic acids is 1. The Balaban J connectivity index is 2.77. The van der Waals surface area contributed by atoms with Gasteiger partial charge in [0.05, 0.1) is 23.3 Å². The van der Waals surface area contributed by atoms with Gasteiger partial charge in [0.15, 0.2) is 0 Å². The number of thioether (sulfide) groups is 1. The number of methoxy groups -OCH3 is 1. The number of ether oxygens (including phenoxy) is 2. The Hall–Kier alpha value is -1.69. The third-order valence-electron chi connectivity index (χ3n) is 3.08. The lowest BCUT2D eigenvalue weighted by molar-refractivity contribution is -0.117. The molecule has 1 aromatic rings. The van der Waals surface area contributed by atoms with Gasteiger partial charge in [-0.25, -0.2) is 4.79 Å². The Morgan fingerprint density at radius 3 is 2.73 bits per heavy atom. The number of hydrogen-bond acceptors (Lipinski definition) is 7. The maximum atomic E-state index is 12.1. The molecule has 146 valence electrons. The Morgan fingerprint density at radius 2 is 2.12 bits per heavy atom. The minimum Gasteiger partial charge on any atom is -0.359 e. The first-order chi connectivity index (χ1) is 12.4. The van der Waals surface area contributed by atoms with Crippen molar-refractivity contribution in [2.45, 2.75) is 13.0 Å². The van der Waals surface area contributed by atoms with E-state index in [-0.39, 0.29) is 24.7 Å². The summed E-state index contributed by atoms with van der Waals surface area (Å²) in [5.74, 6) is -0.232. The Kier molecular flexibility index (Phi) is 10.2. The zero-order chi connectivity index (χ0) is 19.5. The van der Waals surface area contributed by atoms with Crippen molar-refractivity contribution in [1.29, 1.82) is 0 Å². The first-order valence-electron chi connectivity index (χ1n) is 7.59. The van der Waals surface area contributed by atoms with E-state index in [1.54, 1.807) is 6.92 Å². The molecule has 26 heavy (non-hydrogen) atoms. The summed E-state index contributed by atoms with van der Waals surface area (Å²) in [7, 11) is 0.365. The van der Waals surface area contributed by atoms with E-state index in [0.29, 0.717) is 10.8 Å². The smallest absolute Gasteiger partial charge is 0.325 e. The van der Waals surface area contributed by atoms with Crippen LogP contribution in [0.2, 0.25) is 0 Å². The largest absolute Gasteiger partial charge is 0.359 e. The van der Waals surface area contributed by atoms with Crippen molar-refractivity contribution in [3.63, 3.8) is 0 Å². The Morgan fingerprint density at radius 1 is 1.38 bits per heavy atom. The van der Waals surface area contributed by atoms with Gasteiger partial charge in [0.1, 0.15) is 6.79 Å². The standard InChI is InChI=1S/C15H23N3O6S2/c1-10-12(14(20)18-15(21)16-10)4-5-13(19)17-11(6-24-8-23-2)7-26(22)9-25-3/h4-5,11H,6-9H2,1-3H3,(H,17,19)(H2,16,18,20,21)/b5-4+/t11-,26?/m0/s1. The molecule has 1 rings (SSSR count). The summed E-state index contributed by atoms with van der Waals surface area (Å²) in [4.78, 5) is 39.6. The van der Waals surface area contributed by atoms with Crippen molar-refractivity contribution >= 4 is 34.5 Å².